The molecule has 3 fully saturated rings. The Balaban J connectivity index is 1.34. The van der Waals surface area contributed by atoms with Gasteiger partial charge in [0, 0.05) is 5.41 Å². The van der Waals surface area contributed by atoms with Gasteiger partial charge in [0.15, 0.2) is 6.61 Å². The molecule has 0 bridgehead atoms. The topological polar surface area (TPSA) is 137 Å². The van der Waals surface area contributed by atoms with E-state index < -0.39 is 35.5 Å². The zero-order valence-electron chi connectivity index (χ0n) is 26.3. The fraction of sp³-hybridized carbons (Fsp3) is 0.758. The van der Waals surface area contributed by atoms with E-state index in [-0.39, 0.29) is 23.4 Å². The number of terminal acetylenes is 1. The van der Waals surface area contributed by atoms with Gasteiger partial charge in [0.25, 0.3) is 5.91 Å². The molecule has 0 spiro atoms. The molecule has 0 unspecified atom stereocenters. The smallest absolute Gasteiger partial charge is 0.326 e. The third-order valence-corrected chi connectivity index (χ3v) is 11.9. The number of thioether (sulfide) groups is 1. The third-order valence-electron chi connectivity index (χ3n) is 11.2. The molecular formula is C33H49N3O6S. The highest BCUT2D eigenvalue weighted by Gasteiger charge is 2.63. The van der Waals surface area contributed by atoms with Crippen molar-refractivity contribution in [2.24, 2.45) is 39.7 Å². The number of carboxylic acid groups (broad SMARTS) is 1. The SMILES string of the molecule is C#C[C@@]1(O)CC[C@H]2[C@@H]3CCC4=CC(=NOCC(=O)N[C@@H](C(=O)N[C@H](CCSC)C(=O)O)C(C)C)CC[C@]4(C)[C@H]3CC[C@@]21C. The van der Waals surface area contributed by atoms with Gasteiger partial charge in [-0.25, -0.2) is 4.79 Å². The second-order valence-electron chi connectivity index (χ2n) is 13.8. The molecule has 0 radical (unpaired) electrons. The van der Waals surface area contributed by atoms with Gasteiger partial charge in [-0.05, 0) is 105 Å². The lowest BCUT2D eigenvalue weighted by molar-refractivity contribution is -0.142. The normalized spacial score (nSPS) is 35.4. The molecule has 0 aliphatic heterocycles. The molecule has 3 saturated carbocycles. The van der Waals surface area contributed by atoms with Gasteiger partial charge in [-0.2, -0.15) is 11.8 Å². The van der Waals surface area contributed by atoms with Gasteiger partial charge < -0.3 is 25.7 Å². The Morgan fingerprint density at radius 2 is 1.86 bits per heavy atom. The molecule has 4 aliphatic carbocycles. The highest BCUT2D eigenvalue weighted by Crippen LogP contribution is 2.67. The quantitative estimate of drug-likeness (QED) is 0.202. The highest BCUT2D eigenvalue weighted by atomic mass is 32.2. The number of nitrogens with zero attached hydrogens (tertiary/aromatic N) is 1. The summed E-state index contributed by atoms with van der Waals surface area (Å²) in [7, 11) is 0. The van der Waals surface area contributed by atoms with Gasteiger partial charge in [0.1, 0.15) is 17.7 Å². The number of hydrogen-bond donors (Lipinski definition) is 4. The van der Waals surface area contributed by atoms with Gasteiger partial charge >= 0.3 is 5.97 Å². The van der Waals surface area contributed by atoms with E-state index in [1.807, 2.05) is 6.26 Å². The number of hydrogen-bond acceptors (Lipinski definition) is 7. The predicted octanol–water partition coefficient (Wildman–Crippen LogP) is 4.15. The number of carbonyl (C=O) groups excluding carboxylic acids is 2. The summed E-state index contributed by atoms with van der Waals surface area (Å²) in [4.78, 5) is 42.5. The van der Waals surface area contributed by atoms with Crippen molar-refractivity contribution < 1.29 is 29.4 Å². The first-order valence-corrected chi connectivity index (χ1v) is 17.1. The van der Waals surface area contributed by atoms with E-state index >= 15 is 0 Å². The number of carboxylic acids is 1. The summed E-state index contributed by atoms with van der Waals surface area (Å²) in [5.74, 6) is 2.55. The van der Waals surface area contributed by atoms with Gasteiger partial charge in [0.05, 0.1) is 5.71 Å². The van der Waals surface area contributed by atoms with Crippen LogP contribution in [0.3, 0.4) is 0 Å². The summed E-state index contributed by atoms with van der Waals surface area (Å²) in [6.45, 7) is 7.84. The lowest BCUT2D eigenvalue weighted by Crippen LogP contribution is -2.54. The average molecular weight is 616 g/mol. The van der Waals surface area contributed by atoms with Crippen LogP contribution in [0.1, 0.15) is 85.5 Å². The molecule has 0 aromatic rings. The second-order valence-corrected chi connectivity index (χ2v) is 14.8. The third kappa shape index (κ3) is 6.49. The van der Waals surface area contributed by atoms with E-state index in [4.69, 9.17) is 11.3 Å². The fourth-order valence-corrected chi connectivity index (χ4v) is 9.05. The van der Waals surface area contributed by atoms with Crippen LogP contribution in [0.2, 0.25) is 0 Å². The summed E-state index contributed by atoms with van der Waals surface area (Å²) in [6, 6.07) is -1.90. The Bertz CT molecular complexity index is 1200. The number of nitrogens with one attached hydrogen (secondary N) is 2. The number of aliphatic hydroxyl groups is 1. The van der Waals surface area contributed by atoms with Crippen LogP contribution in [0.25, 0.3) is 0 Å². The van der Waals surface area contributed by atoms with Gasteiger partial charge in [-0.1, -0.05) is 44.3 Å². The van der Waals surface area contributed by atoms with Crippen LogP contribution in [0.15, 0.2) is 16.8 Å². The molecule has 10 heteroatoms. The number of carbonyl (C=O) groups is 3. The molecule has 43 heavy (non-hydrogen) atoms. The zero-order valence-corrected chi connectivity index (χ0v) is 27.1. The minimum absolute atomic E-state index is 0.0823. The Morgan fingerprint density at radius 3 is 2.51 bits per heavy atom. The van der Waals surface area contributed by atoms with Crippen LogP contribution in [0.5, 0.6) is 0 Å². The molecule has 238 valence electrons. The maximum Gasteiger partial charge on any atom is 0.326 e. The molecule has 2 amide bonds. The molecule has 0 aromatic carbocycles. The van der Waals surface area contributed by atoms with Crippen molar-refractivity contribution in [1.82, 2.24) is 10.6 Å². The fourth-order valence-electron chi connectivity index (χ4n) is 8.57. The minimum atomic E-state index is -1.10. The first-order chi connectivity index (χ1) is 20.3. The Hall–Kier alpha value is -2.51. The van der Waals surface area contributed by atoms with E-state index in [2.05, 4.69) is 41.6 Å². The monoisotopic (exact) mass is 615 g/mol. The Kier molecular flexibility index (Phi) is 10.3. The van der Waals surface area contributed by atoms with Crippen molar-refractivity contribution in [3.8, 4) is 12.3 Å². The van der Waals surface area contributed by atoms with E-state index in [0.717, 1.165) is 50.7 Å². The van der Waals surface area contributed by atoms with Crippen molar-refractivity contribution in [2.75, 3.05) is 18.6 Å². The van der Waals surface area contributed by atoms with E-state index in [1.54, 1.807) is 13.8 Å². The molecule has 4 N–H and O–H groups in total. The Labute approximate surface area is 260 Å². The maximum atomic E-state index is 12.8. The van der Waals surface area contributed by atoms with E-state index in [9.17, 15) is 24.6 Å². The number of rotatable bonds is 11. The highest BCUT2D eigenvalue weighted by molar-refractivity contribution is 7.98. The molecule has 0 heterocycles. The van der Waals surface area contributed by atoms with E-state index in [1.165, 1.54) is 17.3 Å². The first kappa shape index (κ1) is 33.4. The molecule has 4 aliphatic rings. The molecule has 8 atom stereocenters. The van der Waals surface area contributed by atoms with Crippen molar-refractivity contribution in [1.29, 1.82) is 0 Å². The average Bonchev–Trinajstić information content (AvgIpc) is 3.24. The second kappa shape index (κ2) is 13.2. The molecular weight excluding hydrogens is 566 g/mol. The number of allylic oxidation sites excluding steroid dienone is 2. The van der Waals surface area contributed by atoms with Crippen LogP contribution in [0.4, 0.5) is 0 Å². The summed E-state index contributed by atoms with van der Waals surface area (Å²) >= 11 is 1.50. The van der Waals surface area contributed by atoms with Crippen molar-refractivity contribution in [3.63, 3.8) is 0 Å². The molecule has 0 aromatic heterocycles. The van der Waals surface area contributed by atoms with Crippen molar-refractivity contribution in [2.45, 2.75) is 103 Å². The number of aliphatic carboxylic acids is 1. The number of oxime groups is 1. The predicted molar refractivity (Wildman–Crippen MR) is 168 cm³/mol. The summed E-state index contributed by atoms with van der Waals surface area (Å²) in [6.07, 6.45) is 17.6. The maximum absolute atomic E-state index is 12.8. The van der Waals surface area contributed by atoms with Crippen molar-refractivity contribution >= 4 is 35.3 Å². The van der Waals surface area contributed by atoms with Gasteiger partial charge in [-0.3, -0.25) is 9.59 Å². The van der Waals surface area contributed by atoms with Gasteiger partial charge in [0.2, 0.25) is 5.91 Å². The van der Waals surface area contributed by atoms with Gasteiger partial charge in [-0.15, -0.1) is 6.42 Å². The lowest BCUT2D eigenvalue weighted by Gasteiger charge is -2.58. The van der Waals surface area contributed by atoms with Crippen LogP contribution in [-0.2, 0) is 19.2 Å². The van der Waals surface area contributed by atoms with Crippen LogP contribution < -0.4 is 10.6 Å². The summed E-state index contributed by atoms with van der Waals surface area (Å²) in [5.41, 5.74) is 1.09. The van der Waals surface area contributed by atoms with Crippen LogP contribution in [-0.4, -0.2) is 70.0 Å². The first-order valence-electron chi connectivity index (χ1n) is 15.7. The standard InChI is InChI=1S/C33H49N3O6S/c1-7-33(41)16-12-25-23-9-8-21-18-22(10-14-31(21,4)24(23)11-15-32(25,33)5)36-42-19-27(37)35-28(20(2)3)29(38)34-26(30(39)40)13-17-43-6/h1,18,20,23-26,28,41H,8-17,19H2,2-6H3,(H,34,38)(H,35,37)(H,39,40)/t23-,24+,25+,26-,28-,31+,32+,33-/m1/s1. The summed E-state index contributed by atoms with van der Waals surface area (Å²) in [5, 5.41) is 30.2. The lowest BCUT2D eigenvalue weighted by atomic mass is 9.46. The van der Waals surface area contributed by atoms with E-state index in [0.29, 0.717) is 36.3 Å². The Morgan fingerprint density at radius 1 is 1.14 bits per heavy atom. The van der Waals surface area contributed by atoms with Crippen LogP contribution >= 0.6 is 11.8 Å². The largest absolute Gasteiger partial charge is 0.480 e. The molecule has 0 saturated heterocycles. The number of fused-ring (bicyclic) bond motifs is 5. The molecule has 4 rings (SSSR count). The minimum Gasteiger partial charge on any atom is -0.480 e. The van der Waals surface area contributed by atoms with Crippen molar-refractivity contribution in [3.05, 3.63) is 11.6 Å². The molecule has 9 nitrogen and oxygen atoms in total. The van der Waals surface area contributed by atoms with Crippen LogP contribution in [0, 0.1) is 46.8 Å². The zero-order chi connectivity index (χ0) is 31.6. The number of amides is 2. The summed E-state index contributed by atoms with van der Waals surface area (Å²) < 4.78 is 0.